The zero-order valence-electron chi connectivity index (χ0n) is 21.5. The summed E-state index contributed by atoms with van der Waals surface area (Å²) < 4.78 is 16.5. The quantitative estimate of drug-likeness (QED) is 0.105. The Hall–Kier alpha value is -5.18. The maximum absolute atomic E-state index is 12.6. The molecule has 9 nitrogen and oxygen atoms in total. The number of ether oxygens (including phenoxy) is 3. The maximum Gasteiger partial charge on any atom is 0.343 e. The van der Waals surface area contributed by atoms with Crippen molar-refractivity contribution in [1.29, 1.82) is 0 Å². The molecule has 4 aromatic rings. The van der Waals surface area contributed by atoms with Crippen LogP contribution >= 0.6 is 0 Å². The molecule has 0 aromatic heterocycles. The van der Waals surface area contributed by atoms with Gasteiger partial charge in [0.25, 0.3) is 0 Å². The fourth-order valence-corrected chi connectivity index (χ4v) is 3.70. The lowest BCUT2D eigenvalue weighted by Gasteiger charge is -2.11. The minimum absolute atomic E-state index is 0.228. The van der Waals surface area contributed by atoms with Gasteiger partial charge >= 0.3 is 17.8 Å². The van der Waals surface area contributed by atoms with Crippen molar-refractivity contribution >= 4 is 40.5 Å². The van der Waals surface area contributed by atoms with Crippen LogP contribution in [0.4, 0.5) is 5.69 Å². The first-order valence-corrected chi connectivity index (χ1v) is 12.3. The van der Waals surface area contributed by atoms with Gasteiger partial charge in [-0.05, 0) is 73.3 Å². The van der Waals surface area contributed by atoms with Crippen molar-refractivity contribution < 1.29 is 28.6 Å². The molecule has 0 aliphatic rings. The molecular weight excluding hydrogens is 498 g/mol. The van der Waals surface area contributed by atoms with Crippen molar-refractivity contribution in [2.24, 2.45) is 5.10 Å². The van der Waals surface area contributed by atoms with Crippen molar-refractivity contribution in [3.05, 3.63) is 96.1 Å². The molecule has 2 N–H and O–H groups in total. The van der Waals surface area contributed by atoms with E-state index in [0.29, 0.717) is 41.5 Å². The molecule has 0 radical (unpaired) electrons. The van der Waals surface area contributed by atoms with Crippen molar-refractivity contribution in [3.8, 4) is 17.2 Å². The van der Waals surface area contributed by atoms with Crippen molar-refractivity contribution in [2.75, 3.05) is 18.5 Å². The predicted molar refractivity (Wildman–Crippen MR) is 148 cm³/mol. The summed E-state index contributed by atoms with van der Waals surface area (Å²) in [5.74, 6) is -1.12. The van der Waals surface area contributed by atoms with E-state index >= 15 is 0 Å². The molecule has 9 heteroatoms. The number of hydrogen-bond donors (Lipinski definition) is 2. The first-order valence-electron chi connectivity index (χ1n) is 12.3. The van der Waals surface area contributed by atoms with E-state index in [-0.39, 0.29) is 5.75 Å². The standard InChI is InChI=1S/C30H27N3O6/c1-3-37-23-15-13-22(14-16-23)30(36)39-26-17-12-20(18-27(26)38-4-2)19-31-33-29(35)28(34)32-25-11-7-9-21-8-5-6-10-24(21)25/h5-19H,3-4H2,1-2H3,(H,32,34)(H,33,35)/b31-19-. The topological polar surface area (TPSA) is 115 Å². The maximum atomic E-state index is 12.6. The van der Waals surface area contributed by atoms with Gasteiger partial charge in [-0.2, -0.15) is 5.10 Å². The van der Waals surface area contributed by atoms with Gasteiger partial charge in [-0.15, -0.1) is 0 Å². The highest BCUT2D eigenvalue weighted by molar-refractivity contribution is 6.40. The number of hydrazone groups is 1. The van der Waals surface area contributed by atoms with Gasteiger partial charge in [0.1, 0.15) is 5.75 Å². The normalized spacial score (nSPS) is 10.7. The summed E-state index contributed by atoms with van der Waals surface area (Å²) in [6.07, 6.45) is 1.35. The second-order valence-electron chi connectivity index (χ2n) is 8.17. The van der Waals surface area contributed by atoms with Crippen LogP contribution < -0.4 is 25.0 Å². The van der Waals surface area contributed by atoms with Crippen molar-refractivity contribution in [1.82, 2.24) is 5.43 Å². The van der Waals surface area contributed by atoms with Gasteiger partial charge in [-0.3, -0.25) is 9.59 Å². The molecule has 0 saturated heterocycles. The second-order valence-corrected chi connectivity index (χ2v) is 8.17. The van der Waals surface area contributed by atoms with E-state index in [1.165, 1.54) is 6.21 Å². The minimum Gasteiger partial charge on any atom is -0.494 e. The largest absolute Gasteiger partial charge is 0.494 e. The molecule has 0 atom stereocenters. The molecule has 0 bridgehead atoms. The summed E-state index contributed by atoms with van der Waals surface area (Å²) in [5, 5.41) is 8.23. The summed E-state index contributed by atoms with van der Waals surface area (Å²) >= 11 is 0. The van der Waals surface area contributed by atoms with E-state index in [2.05, 4.69) is 15.8 Å². The average Bonchev–Trinajstić information content (AvgIpc) is 2.95. The van der Waals surface area contributed by atoms with Crippen molar-refractivity contribution in [2.45, 2.75) is 13.8 Å². The predicted octanol–water partition coefficient (Wildman–Crippen LogP) is 4.95. The van der Waals surface area contributed by atoms with Crippen LogP contribution in [0.5, 0.6) is 17.2 Å². The van der Waals surface area contributed by atoms with Gasteiger partial charge in [-0.1, -0.05) is 36.4 Å². The minimum atomic E-state index is -0.926. The monoisotopic (exact) mass is 525 g/mol. The fourth-order valence-electron chi connectivity index (χ4n) is 3.70. The number of carbonyl (C=O) groups is 3. The van der Waals surface area contributed by atoms with Crippen LogP contribution in [0.25, 0.3) is 10.8 Å². The Bertz CT molecular complexity index is 1510. The number of esters is 1. The Morgan fingerprint density at radius 2 is 1.54 bits per heavy atom. The van der Waals surface area contributed by atoms with Gasteiger partial charge in [0.15, 0.2) is 11.5 Å². The zero-order chi connectivity index (χ0) is 27.6. The molecule has 0 saturated carbocycles. The van der Waals surface area contributed by atoms with Crippen LogP contribution in [0, 0.1) is 0 Å². The van der Waals surface area contributed by atoms with Gasteiger partial charge < -0.3 is 19.5 Å². The first-order chi connectivity index (χ1) is 19.0. The SMILES string of the molecule is CCOc1ccc(C(=O)Oc2ccc(/C=N\NC(=O)C(=O)Nc3cccc4ccccc34)cc2OCC)cc1. The van der Waals surface area contributed by atoms with E-state index < -0.39 is 17.8 Å². The Morgan fingerprint density at radius 3 is 2.31 bits per heavy atom. The molecule has 0 aliphatic heterocycles. The highest BCUT2D eigenvalue weighted by atomic mass is 16.6. The second kappa shape index (κ2) is 12.9. The number of amides is 2. The Labute approximate surface area is 225 Å². The van der Waals surface area contributed by atoms with E-state index in [0.717, 1.165) is 10.8 Å². The van der Waals surface area contributed by atoms with E-state index in [9.17, 15) is 14.4 Å². The lowest BCUT2D eigenvalue weighted by Crippen LogP contribution is -2.32. The summed E-state index contributed by atoms with van der Waals surface area (Å²) in [6, 6.07) is 24.4. The van der Waals surface area contributed by atoms with Crippen LogP contribution in [0.3, 0.4) is 0 Å². The third kappa shape index (κ3) is 6.98. The molecule has 0 spiro atoms. The van der Waals surface area contributed by atoms with Gasteiger partial charge in [0.05, 0.1) is 25.0 Å². The Balaban J connectivity index is 1.38. The number of benzene rings is 4. The molecule has 0 aliphatic carbocycles. The lowest BCUT2D eigenvalue weighted by atomic mass is 10.1. The van der Waals surface area contributed by atoms with Gasteiger partial charge in [0, 0.05) is 11.1 Å². The van der Waals surface area contributed by atoms with Crippen LogP contribution in [0.1, 0.15) is 29.8 Å². The van der Waals surface area contributed by atoms with Crippen LogP contribution in [0.2, 0.25) is 0 Å². The fraction of sp³-hybridized carbons (Fsp3) is 0.133. The van der Waals surface area contributed by atoms with Crippen LogP contribution in [0.15, 0.2) is 90.0 Å². The molecule has 0 heterocycles. The zero-order valence-corrected chi connectivity index (χ0v) is 21.5. The number of anilines is 1. The van der Waals surface area contributed by atoms with Crippen molar-refractivity contribution in [3.63, 3.8) is 0 Å². The highest BCUT2D eigenvalue weighted by Gasteiger charge is 2.15. The van der Waals surface area contributed by atoms with E-state index in [1.807, 2.05) is 37.3 Å². The third-order valence-corrected chi connectivity index (χ3v) is 5.50. The summed E-state index contributed by atoms with van der Waals surface area (Å²) in [6.45, 7) is 4.54. The number of nitrogens with zero attached hydrogens (tertiary/aromatic N) is 1. The number of hydrogen-bond acceptors (Lipinski definition) is 7. The molecule has 4 rings (SSSR count). The smallest absolute Gasteiger partial charge is 0.343 e. The van der Waals surface area contributed by atoms with Crippen LogP contribution in [-0.2, 0) is 9.59 Å². The number of rotatable bonds is 9. The Kier molecular flexibility index (Phi) is 8.87. The number of fused-ring (bicyclic) bond motifs is 1. The van der Waals surface area contributed by atoms with Gasteiger partial charge in [0.2, 0.25) is 0 Å². The van der Waals surface area contributed by atoms with Crippen LogP contribution in [-0.4, -0.2) is 37.2 Å². The average molecular weight is 526 g/mol. The van der Waals surface area contributed by atoms with E-state index in [1.54, 1.807) is 61.5 Å². The molecular formula is C30H27N3O6. The molecule has 4 aromatic carbocycles. The van der Waals surface area contributed by atoms with E-state index in [4.69, 9.17) is 14.2 Å². The molecule has 0 fully saturated rings. The van der Waals surface area contributed by atoms with Gasteiger partial charge in [-0.25, -0.2) is 10.2 Å². The summed E-state index contributed by atoms with van der Waals surface area (Å²) in [7, 11) is 0. The number of nitrogens with one attached hydrogen (secondary N) is 2. The first kappa shape index (κ1) is 26.9. The molecule has 198 valence electrons. The Morgan fingerprint density at radius 1 is 0.795 bits per heavy atom. The molecule has 0 unspecified atom stereocenters. The molecule has 2 amide bonds. The molecule has 39 heavy (non-hydrogen) atoms. The highest BCUT2D eigenvalue weighted by Crippen LogP contribution is 2.29. The summed E-state index contributed by atoms with van der Waals surface area (Å²) in [5.41, 5.74) is 3.64. The number of carbonyl (C=O) groups excluding carboxylic acids is 3. The third-order valence-electron chi connectivity index (χ3n) is 5.50. The summed E-state index contributed by atoms with van der Waals surface area (Å²) in [4.78, 5) is 37.3. The lowest BCUT2D eigenvalue weighted by molar-refractivity contribution is -0.136.